The molecular formula is C76H83Cl2SiZr. The van der Waals surface area contributed by atoms with Crippen LogP contribution in [0, 0.1) is 11.8 Å². The minimum atomic E-state index is -6.04. The Morgan fingerprint density at radius 1 is 0.388 bits per heavy atom. The number of hydrogen-bond donors (Lipinski definition) is 0. The second kappa shape index (κ2) is 20.1. The van der Waals surface area contributed by atoms with E-state index >= 15 is 0 Å². The average molecular weight is 1190 g/mol. The summed E-state index contributed by atoms with van der Waals surface area (Å²) in [4.78, 5) is 0. The number of allylic oxidation sites excluding steroid dienone is 2. The second-order valence-electron chi connectivity index (χ2n) is 28.6. The van der Waals surface area contributed by atoms with Gasteiger partial charge in [0.25, 0.3) is 0 Å². The topological polar surface area (TPSA) is 0 Å². The summed E-state index contributed by atoms with van der Waals surface area (Å²) in [6, 6.07) is 63.0. The SMILES string of the molecule is CC(C)C1=Cc2c(ccc(-c3ccccc3)c2-c2cc(C(C)(C)C)cc(C(C)(C)C)c2)[CH]1[Zr]([Cl])([Cl])([c]1cccc2c1[SiH2]c1ccccc1-2)[CH]1C(C(C)C)=Cc2c1ccc(-c1ccccc1)c2-c1cc(C(C)(C)C)cc(C(C)(C)C)c1. The van der Waals surface area contributed by atoms with Crippen LogP contribution in [0.4, 0.5) is 0 Å². The van der Waals surface area contributed by atoms with Crippen molar-refractivity contribution in [3.05, 3.63) is 219 Å². The molecule has 0 fully saturated rings. The van der Waals surface area contributed by atoms with Crippen molar-refractivity contribution >= 4 is 52.3 Å². The van der Waals surface area contributed by atoms with Crippen LogP contribution in [0.1, 0.15) is 163 Å². The predicted octanol–water partition coefficient (Wildman–Crippen LogP) is 19.9. The zero-order valence-corrected chi connectivity index (χ0v) is 55.9. The summed E-state index contributed by atoms with van der Waals surface area (Å²) in [6.07, 6.45) is 5.18. The van der Waals surface area contributed by atoms with Gasteiger partial charge in [-0.25, -0.2) is 0 Å². The van der Waals surface area contributed by atoms with E-state index in [0.717, 1.165) is 0 Å². The van der Waals surface area contributed by atoms with E-state index in [1.165, 1.54) is 125 Å². The van der Waals surface area contributed by atoms with Crippen LogP contribution in [0.25, 0.3) is 67.8 Å². The first kappa shape index (κ1) is 56.8. The van der Waals surface area contributed by atoms with Crippen LogP contribution in [0.3, 0.4) is 0 Å². The molecular weight excluding hydrogens is 1100 g/mol. The van der Waals surface area contributed by atoms with Crippen molar-refractivity contribution < 1.29 is 16.4 Å². The van der Waals surface area contributed by atoms with Gasteiger partial charge < -0.3 is 0 Å². The maximum absolute atomic E-state index is 9.86. The van der Waals surface area contributed by atoms with Gasteiger partial charge in [0, 0.05) is 0 Å². The molecule has 4 heteroatoms. The van der Waals surface area contributed by atoms with Gasteiger partial charge in [-0.1, -0.05) is 0 Å². The van der Waals surface area contributed by atoms with E-state index in [0.29, 0.717) is 0 Å². The molecule has 1 heterocycles. The Bertz CT molecular complexity index is 3560. The van der Waals surface area contributed by atoms with Crippen molar-refractivity contribution in [2.24, 2.45) is 11.8 Å². The molecule has 80 heavy (non-hydrogen) atoms. The van der Waals surface area contributed by atoms with Crippen LogP contribution in [0.15, 0.2) is 175 Å². The normalized spacial score (nSPS) is 17.0. The van der Waals surface area contributed by atoms with Crippen LogP contribution in [-0.2, 0) is 38.1 Å². The van der Waals surface area contributed by atoms with Crippen LogP contribution >= 0.6 is 17.0 Å². The third-order valence-electron chi connectivity index (χ3n) is 18.3. The van der Waals surface area contributed by atoms with Crippen molar-refractivity contribution in [2.45, 2.75) is 140 Å². The molecule has 0 radical (unpaired) electrons. The summed E-state index contributed by atoms with van der Waals surface area (Å²) in [5.74, 6) is 0.310. The molecule has 0 saturated carbocycles. The van der Waals surface area contributed by atoms with Crippen LogP contribution in [0.2, 0.25) is 0 Å². The number of halogens is 2. The zero-order valence-electron chi connectivity index (χ0n) is 50.5. The van der Waals surface area contributed by atoms with Crippen molar-refractivity contribution in [1.82, 2.24) is 0 Å². The fraction of sp³-hybridized carbons (Fsp3) is 0.316. The molecule has 0 saturated heterocycles. The molecule has 2 aliphatic carbocycles. The molecule has 0 spiro atoms. The number of rotatable bonds is 9. The molecule has 8 aromatic carbocycles. The van der Waals surface area contributed by atoms with Crippen molar-refractivity contribution in [1.29, 1.82) is 0 Å². The molecule has 11 rings (SSSR count). The molecule has 0 nitrogen and oxygen atoms in total. The molecule has 0 amide bonds. The van der Waals surface area contributed by atoms with E-state index in [2.05, 4.69) is 287 Å². The van der Waals surface area contributed by atoms with E-state index < -0.39 is 25.9 Å². The van der Waals surface area contributed by atoms with Crippen LogP contribution in [0.5, 0.6) is 0 Å². The van der Waals surface area contributed by atoms with Gasteiger partial charge in [0.1, 0.15) is 0 Å². The Labute approximate surface area is 491 Å². The predicted molar refractivity (Wildman–Crippen MR) is 352 cm³/mol. The van der Waals surface area contributed by atoms with Crippen molar-refractivity contribution in [3.63, 3.8) is 0 Å². The standard InChI is InChI=1S/2C32H37.C12H9Si.2ClH.Zr/c2*1-21(2)24-16-23-14-15-28(22-12-10-9-11-13-22)30(29(23)19-24)25-17-26(31(3,4)5)20-27(18-25)32(6,7)8;1-3-7-11-9(5-1)10-6-2-4-8-12(10)13-11;;;/h2*9-21H,1-8H3;1-7H,13H2;2*1H;/q;;;;;+2/p-2. The van der Waals surface area contributed by atoms with E-state index in [1.54, 1.807) is 0 Å². The van der Waals surface area contributed by atoms with E-state index in [4.69, 9.17) is 0 Å². The Morgan fingerprint density at radius 3 is 1.15 bits per heavy atom. The third-order valence-corrected chi connectivity index (χ3v) is 40.9. The molecule has 409 valence electrons. The fourth-order valence-electron chi connectivity index (χ4n) is 13.8. The van der Waals surface area contributed by atoms with E-state index in [1.807, 2.05) is 0 Å². The molecule has 3 aliphatic rings. The van der Waals surface area contributed by atoms with Gasteiger partial charge in [0.2, 0.25) is 0 Å². The molecule has 0 bridgehead atoms. The first-order valence-electron chi connectivity index (χ1n) is 29.5. The average Bonchev–Trinajstić information content (AvgIpc) is 4.01. The second-order valence-corrected chi connectivity index (χ2v) is 51.0. The summed E-state index contributed by atoms with van der Waals surface area (Å²) >= 11 is -6.04. The van der Waals surface area contributed by atoms with Gasteiger partial charge >= 0.3 is 495 Å². The van der Waals surface area contributed by atoms with Gasteiger partial charge in [0.05, 0.1) is 0 Å². The van der Waals surface area contributed by atoms with E-state index in [9.17, 15) is 17.0 Å². The first-order valence-corrected chi connectivity index (χ1v) is 41.3. The van der Waals surface area contributed by atoms with Gasteiger partial charge in [-0.2, -0.15) is 0 Å². The van der Waals surface area contributed by atoms with Crippen LogP contribution < -0.4 is 13.6 Å². The van der Waals surface area contributed by atoms with Crippen molar-refractivity contribution in [3.8, 4) is 55.6 Å². The van der Waals surface area contributed by atoms with Gasteiger partial charge in [-0.3, -0.25) is 0 Å². The zero-order chi connectivity index (χ0) is 57.2. The van der Waals surface area contributed by atoms with Crippen molar-refractivity contribution in [2.75, 3.05) is 0 Å². The maximum atomic E-state index is 9.86. The Kier molecular flexibility index (Phi) is 14.2. The minimum absolute atomic E-state index is 0.0729. The molecule has 0 aromatic heterocycles. The Hall–Kier alpha value is -5.08. The summed E-state index contributed by atoms with van der Waals surface area (Å²) < 4.78 is 0.797. The van der Waals surface area contributed by atoms with Gasteiger partial charge in [-0.15, -0.1) is 0 Å². The monoisotopic (exact) mass is 1180 g/mol. The summed E-state index contributed by atoms with van der Waals surface area (Å²) in [5.41, 5.74) is 25.5. The number of hydrogen-bond acceptors (Lipinski definition) is 0. The molecule has 2 atom stereocenters. The van der Waals surface area contributed by atoms with Gasteiger partial charge in [-0.05, 0) is 0 Å². The molecule has 2 unspecified atom stereocenters. The fourth-order valence-corrected chi connectivity index (χ4v) is 42.1. The molecule has 0 N–H and O–H groups in total. The van der Waals surface area contributed by atoms with Gasteiger partial charge in [0.15, 0.2) is 0 Å². The first-order chi connectivity index (χ1) is 37.5. The van der Waals surface area contributed by atoms with Crippen LogP contribution in [-0.4, -0.2) is 9.52 Å². The molecule has 8 aromatic rings. The number of benzene rings is 8. The Morgan fingerprint density at radius 2 is 0.762 bits per heavy atom. The summed E-state index contributed by atoms with van der Waals surface area (Å²) in [5, 5.41) is 2.92. The molecule has 1 aliphatic heterocycles. The summed E-state index contributed by atoms with van der Waals surface area (Å²) in [7, 11) is 18.7. The summed E-state index contributed by atoms with van der Waals surface area (Å²) in [6.45, 7) is 37.8. The van der Waals surface area contributed by atoms with E-state index in [-0.39, 0.29) is 40.7 Å². The quantitative estimate of drug-likeness (QED) is 0.126. The third kappa shape index (κ3) is 9.63. The number of fused-ring (bicyclic) bond motifs is 5. The Balaban J connectivity index is 1.28.